The van der Waals surface area contributed by atoms with Gasteiger partial charge in [0.05, 0.1) is 17.0 Å². The molecule has 36 heavy (non-hydrogen) atoms. The highest BCUT2D eigenvalue weighted by Crippen LogP contribution is 2.41. The van der Waals surface area contributed by atoms with E-state index in [0.29, 0.717) is 22.2 Å². The van der Waals surface area contributed by atoms with Gasteiger partial charge in [-0.2, -0.15) is 0 Å². The number of carbonyl (C=O) groups is 1. The smallest absolute Gasteiger partial charge is 0.478 e. The molecular weight excluding hydrogens is 522 g/mol. The Morgan fingerprint density at radius 1 is 1.06 bits per heavy atom. The molecule has 0 radical (unpaired) electrons. The normalized spacial score (nSPS) is 12.0. The van der Waals surface area contributed by atoms with Gasteiger partial charge in [0.2, 0.25) is 0 Å². The molecule has 0 fully saturated rings. The minimum atomic E-state index is -4.88. The highest BCUT2D eigenvalue weighted by atomic mass is 32.2. The quantitative estimate of drug-likeness (QED) is 0.277. The van der Waals surface area contributed by atoms with Crippen molar-refractivity contribution in [1.82, 2.24) is 0 Å². The highest BCUT2D eigenvalue weighted by molar-refractivity contribution is 7.93. The van der Waals surface area contributed by atoms with Gasteiger partial charge in [-0.15, -0.1) is 24.5 Å². The fourth-order valence-electron chi connectivity index (χ4n) is 3.58. The van der Waals surface area contributed by atoms with E-state index in [4.69, 9.17) is 5.11 Å². The number of thiophene rings is 1. The molecule has 1 aromatic heterocycles. The Hall–Kier alpha value is -3.64. The second-order valence-electron chi connectivity index (χ2n) is 7.68. The Balaban J connectivity index is 1.80. The molecule has 0 bridgehead atoms. The molecule has 0 saturated carbocycles. The van der Waals surface area contributed by atoms with E-state index in [0.717, 1.165) is 38.7 Å². The lowest BCUT2D eigenvalue weighted by Gasteiger charge is -2.24. The number of ether oxygens (including phenoxy) is 1. The van der Waals surface area contributed by atoms with Crippen molar-refractivity contribution in [2.24, 2.45) is 0 Å². The third-order valence-electron chi connectivity index (χ3n) is 5.29. The third kappa shape index (κ3) is 5.14. The number of fused-ring (bicyclic) bond motifs is 1. The van der Waals surface area contributed by atoms with E-state index in [1.165, 1.54) is 23.5 Å². The first-order valence-corrected chi connectivity index (χ1v) is 12.5. The number of hydrogen-bond donors (Lipinski definition) is 1. The summed E-state index contributed by atoms with van der Waals surface area (Å²) < 4.78 is 85.0. The lowest BCUT2D eigenvalue weighted by Crippen LogP contribution is -2.30. The summed E-state index contributed by atoms with van der Waals surface area (Å²) in [6, 6.07) is 14.4. The average molecular weight is 540 g/mol. The predicted molar refractivity (Wildman–Crippen MR) is 126 cm³/mol. The summed E-state index contributed by atoms with van der Waals surface area (Å²) in [4.78, 5) is 10.7. The van der Waals surface area contributed by atoms with Crippen LogP contribution >= 0.6 is 11.3 Å². The van der Waals surface area contributed by atoms with Crippen LogP contribution in [0, 0.1) is 12.7 Å². The fourth-order valence-corrected chi connectivity index (χ4v) is 6.53. The van der Waals surface area contributed by atoms with Gasteiger partial charge in [-0.1, -0.05) is 30.3 Å². The maximum absolute atomic E-state index is 14.4. The lowest BCUT2D eigenvalue weighted by molar-refractivity contribution is -0.274. The van der Waals surface area contributed by atoms with Gasteiger partial charge >= 0.3 is 12.3 Å². The molecule has 0 aliphatic rings. The minimum Gasteiger partial charge on any atom is -0.478 e. The van der Waals surface area contributed by atoms with Crippen molar-refractivity contribution < 1.29 is 40.6 Å². The summed E-state index contributed by atoms with van der Waals surface area (Å²) in [7, 11) is -4.43. The fraction of sp³-hybridized carbons (Fsp3) is 0.125. The second-order valence-corrected chi connectivity index (χ2v) is 10.6. The van der Waals surface area contributed by atoms with Crippen molar-refractivity contribution in [3.63, 3.8) is 0 Å². The van der Waals surface area contributed by atoms with Gasteiger partial charge in [0, 0.05) is 4.70 Å². The number of carboxylic acids is 1. The first-order valence-electron chi connectivity index (χ1n) is 10.3. The summed E-state index contributed by atoms with van der Waals surface area (Å²) in [5.74, 6) is -3.23. The van der Waals surface area contributed by atoms with Crippen LogP contribution in [0.4, 0.5) is 22.6 Å². The molecule has 0 aliphatic heterocycles. The number of alkyl halides is 3. The number of sulfonamides is 1. The number of halogens is 4. The molecule has 1 heterocycles. The highest BCUT2D eigenvalue weighted by Gasteiger charge is 2.32. The van der Waals surface area contributed by atoms with Crippen molar-refractivity contribution >= 4 is 42.4 Å². The molecule has 188 valence electrons. The van der Waals surface area contributed by atoms with E-state index >= 15 is 0 Å². The molecule has 0 aliphatic carbocycles. The Labute approximate surface area is 207 Å². The molecule has 0 atom stereocenters. The van der Waals surface area contributed by atoms with E-state index in [9.17, 15) is 30.8 Å². The Morgan fingerprint density at radius 2 is 1.72 bits per heavy atom. The molecule has 12 heteroatoms. The van der Waals surface area contributed by atoms with Crippen LogP contribution in [-0.4, -0.2) is 25.9 Å². The number of nitrogens with zero attached hydrogens (tertiary/aromatic N) is 1. The zero-order chi connectivity index (χ0) is 26.3. The number of aromatic carboxylic acids is 1. The molecule has 0 unspecified atom stereocenters. The topological polar surface area (TPSA) is 83.9 Å². The van der Waals surface area contributed by atoms with Crippen molar-refractivity contribution in [3.8, 4) is 5.75 Å². The van der Waals surface area contributed by atoms with E-state index in [1.54, 1.807) is 19.1 Å². The van der Waals surface area contributed by atoms with E-state index in [2.05, 4.69) is 4.74 Å². The van der Waals surface area contributed by atoms with Crippen LogP contribution in [0.1, 0.15) is 21.5 Å². The first-order chi connectivity index (χ1) is 16.9. The number of anilines is 1. The summed E-state index contributed by atoms with van der Waals surface area (Å²) >= 11 is 1.18. The molecule has 4 rings (SSSR count). The van der Waals surface area contributed by atoms with Crippen molar-refractivity contribution in [3.05, 3.63) is 89.2 Å². The van der Waals surface area contributed by atoms with Crippen LogP contribution in [0.25, 0.3) is 10.1 Å². The van der Waals surface area contributed by atoms with Crippen LogP contribution in [0.3, 0.4) is 0 Å². The van der Waals surface area contributed by atoms with Gasteiger partial charge in [0.15, 0.2) is 0 Å². The largest absolute Gasteiger partial charge is 0.573 e. The average Bonchev–Trinajstić information content (AvgIpc) is 3.13. The maximum Gasteiger partial charge on any atom is 0.573 e. The molecule has 0 saturated heterocycles. The second kappa shape index (κ2) is 9.43. The number of aryl methyl sites for hydroxylation is 1. The third-order valence-corrected chi connectivity index (χ3v) is 8.44. The Kier molecular flexibility index (Phi) is 6.67. The van der Waals surface area contributed by atoms with Gasteiger partial charge in [0.25, 0.3) is 10.0 Å². The molecule has 1 N–H and O–H groups in total. The van der Waals surface area contributed by atoms with Gasteiger partial charge in [-0.3, -0.25) is 4.31 Å². The van der Waals surface area contributed by atoms with Gasteiger partial charge in [0.1, 0.15) is 16.6 Å². The molecule has 3 aromatic carbocycles. The minimum absolute atomic E-state index is 0.287. The summed E-state index contributed by atoms with van der Waals surface area (Å²) in [5.41, 5.74) is 0.296. The van der Waals surface area contributed by atoms with Crippen LogP contribution in [0.5, 0.6) is 5.75 Å². The summed E-state index contributed by atoms with van der Waals surface area (Å²) in [6.45, 7) is 1.44. The molecule has 0 spiro atoms. The van der Waals surface area contributed by atoms with Gasteiger partial charge < -0.3 is 9.84 Å². The predicted octanol–water partition coefficient (Wildman–Crippen LogP) is 6.34. The lowest BCUT2D eigenvalue weighted by atomic mass is 10.2. The standard InChI is InChI=1S/C24H17F4NO5S2/c1-14-18-4-2-3-5-21(18)35-22(14)29(13-15-6-8-16(9-7-15)34-24(26,27)28)36(32,33)17-10-11-19(23(30)31)20(25)12-17/h2-12H,13H2,1H3,(H,30,31). The Morgan fingerprint density at radius 3 is 2.31 bits per heavy atom. The zero-order valence-electron chi connectivity index (χ0n) is 18.4. The Bertz CT molecular complexity index is 1550. The zero-order valence-corrected chi connectivity index (χ0v) is 20.0. The SMILES string of the molecule is Cc1c(N(Cc2ccc(OC(F)(F)F)cc2)S(=O)(=O)c2ccc(C(=O)O)c(F)c2)sc2ccccc12. The van der Waals surface area contributed by atoms with Crippen LogP contribution < -0.4 is 9.04 Å². The molecule has 4 aromatic rings. The molecular formula is C24H17F4NO5S2. The van der Waals surface area contributed by atoms with Crippen LogP contribution in [-0.2, 0) is 16.6 Å². The van der Waals surface area contributed by atoms with E-state index < -0.39 is 44.4 Å². The number of rotatable bonds is 7. The number of carboxylic acid groups (broad SMARTS) is 1. The summed E-state index contributed by atoms with van der Waals surface area (Å²) in [6.07, 6.45) is -4.88. The number of hydrogen-bond acceptors (Lipinski definition) is 5. The number of benzene rings is 3. The van der Waals surface area contributed by atoms with Crippen LogP contribution in [0.15, 0.2) is 71.6 Å². The molecule has 0 amide bonds. The van der Waals surface area contributed by atoms with Gasteiger partial charge in [-0.25, -0.2) is 17.6 Å². The van der Waals surface area contributed by atoms with Crippen molar-refractivity contribution in [2.45, 2.75) is 24.7 Å². The monoisotopic (exact) mass is 539 g/mol. The first kappa shape index (κ1) is 25.5. The van der Waals surface area contributed by atoms with E-state index in [1.807, 2.05) is 12.1 Å². The van der Waals surface area contributed by atoms with Crippen molar-refractivity contribution in [1.29, 1.82) is 0 Å². The van der Waals surface area contributed by atoms with Gasteiger partial charge in [-0.05, 0) is 59.8 Å². The van der Waals surface area contributed by atoms with Crippen LogP contribution in [0.2, 0.25) is 0 Å². The van der Waals surface area contributed by atoms with Crippen molar-refractivity contribution in [2.75, 3.05) is 4.31 Å². The van der Waals surface area contributed by atoms with E-state index in [-0.39, 0.29) is 6.54 Å². The maximum atomic E-state index is 14.4. The summed E-state index contributed by atoms with van der Waals surface area (Å²) in [5, 5.41) is 10.2. The molecule has 6 nitrogen and oxygen atoms in total.